The molecule has 8 nitrogen and oxygen atoms in total. The maximum atomic E-state index is 14.6. The van der Waals surface area contributed by atoms with E-state index in [2.05, 4.69) is 0 Å². The predicted octanol–water partition coefficient (Wildman–Crippen LogP) is 1.85. The Morgan fingerprint density at radius 3 is 2.68 bits per heavy atom. The van der Waals surface area contributed by atoms with Crippen LogP contribution in [0.1, 0.15) is 47.4 Å². The zero-order chi connectivity index (χ0) is 20.6. The van der Waals surface area contributed by atoms with Crippen molar-refractivity contribution in [2.45, 2.75) is 32.7 Å². The van der Waals surface area contributed by atoms with Crippen LogP contribution in [-0.2, 0) is 0 Å². The summed E-state index contributed by atoms with van der Waals surface area (Å²) in [5.74, 6) is 3.81. The minimum absolute atomic E-state index is 0.00213. The normalized spacial score (nSPS) is 23.2. The van der Waals surface area contributed by atoms with Gasteiger partial charge in [-0.2, -0.15) is 0 Å². The van der Waals surface area contributed by atoms with Crippen molar-refractivity contribution < 1.29 is 23.9 Å². The number of hydrogen-bond acceptors (Lipinski definition) is 5. The first-order valence-corrected chi connectivity index (χ1v) is 9.36. The molecule has 4 N–H and O–H groups in total. The van der Waals surface area contributed by atoms with E-state index >= 15 is 0 Å². The number of anilines is 1. The van der Waals surface area contributed by atoms with E-state index in [-0.39, 0.29) is 41.2 Å². The first-order valence-electron chi connectivity index (χ1n) is 9.36. The fraction of sp³-hybridized carbons (Fsp3) is 0.526. The lowest BCUT2D eigenvalue weighted by atomic mass is 9.80. The van der Waals surface area contributed by atoms with Gasteiger partial charge in [0.05, 0.1) is 11.3 Å². The van der Waals surface area contributed by atoms with Crippen molar-refractivity contribution in [1.82, 2.24) is 10.3 Å². The summed E-state index contributed by atoms with van der Waals surface area (Å²) >= 11 is 0. The number of rotatable bonds is 3. The number of hydrazine groups is 1. The zero-order valence-corrected chi connectivity index (χ0v) is 15.9. The van der Waals surface area contributed by atoms with E-state index in [0.29, 0.717) is 31.7 Å². The van der Waals surface area contributed by atoms with Crippen molar-refractivity contribution in [3.63, 3.8) is 0 Å². The van der Waals surface area contributed by atoms with E-state index in [1.54, 1.807) is 0 Å². The van der Waals surface area contributed by atoms with Gasteiger partial charge in [0.25, 0.3) is 5.91 Å². The Morgan fingerprint density at radius 2 is 2.07 bits per heavy atom. The van der Waals surface area contributed by atoms with Gasteiger partial charge in [0.1, 0.15) is 5.82 Å². The molecule has 2 aliphatic heterocycles. The molecule has 152 valence electrons. The largest absolute Gasteiger partial charge is 0.465 e. The molecular weight excluding hydrogens is 367 g/mol. The number of piperidine rings is 1. The molecule has 2 amide bonds. The van der Waals surface area contributed by atoms with Gasteiger partial charge in [0.2, 0.25) is 0 Å². The number of halogens is 1. The molecule has 1 aromatic carbocycles. The van der Waals surface area contributed by atoms with Crippen LogP contribution < -0.4 is 16.2 Å². The van der Waals surface area contributed by atoms with Gasteiger partial charge in [-0.05, 0) is 37.3 Å². The average molecular weight is 392 g/mol. The van der Waals surface area contributed by atoms with Gasteiger partial charge in [-0.3, -0.25) is 15.0 Å². The molecule has 0 unspecified atom stereocenters. The van der Waals surface area contributed by atoms with E-state index in [4.69, 9.17) is 5.84 Å². The maximum Gasteiger partial charge on any atom is 0.407 e. The SMILES string of the molecule is C[C@@H]1CN(C(=O)O)CC[C@@H]1[C@H](C)N1CCC(=O)c2c(F)cc(C(=O)NN)cc21. The van der Waals surface area contributed by atoms with Gasteiger partial charge in [-0.25, -0.2) is 15.0 Å². The lowest BCUT2D eigenvalue weighted by molar-refractivity contribution is 0.0912. The van der Waals surface area contributed by atoms with Gasteiger partial charge in [0.15, 0.2) is 5.78 Å². The van der Waals surface area contributed by atoms with Crippen molar-refractivity contribution in [2.75, 3.05) is 24.5 Å². The molecular formula is C19H25FN4O4. The monoisotopic (exact) mass is 392 g/mol. The molecule has 2 heterocycles. The predicted molar refractivity (Wildman–Crippen MR) is 101 cm³/mol. The van der Waals surface area contributed by atoms with Crippen molar-refractivity contribution in [3.8, 4) is 0 Å². The van der Waals surface area contributed by atoms with E-state index in [1.165, 1.54) is 11.0 Å². The van der Waals surface area contributed by atoms with Crippen LogP contribution in [0.2, 0.25) is 0 Å². The van der Waals surface area contributed by atoms with Crippen molar-refractivity contribution in [1.29, 1.82) is 0 Å². The summed E-state index contributed by atoms with van der Waals surface area (Å²) in [5.41, 5.74) is 2.44. The maximum absolute atomic E-state index is 14.6. The number of carbonyl (C=O) groups excluding carboxylic acids is 2. The molecule has 1 saturated heterocycles. The molecule has 3 atom stereocenters. The van der Waals surface area contributed by atoms with Gasteiger partial charge in [-0.15, -0.1) is 0 Å². The van der Waals surface area contributed by atoms with E-state index in [0.717, 1.165) is 6.07 Å². The number of ketones is 1. The van der Waals surface area contributed by atoms with Crippen molar-refractivity contribution in [2.24, 2.45) is 17.7 Å². The molecule has 0 spiro atoms. The van der Waals surface area contributed by atoms with Gasteiger partial charge in [0, 0.05) is 37.7 Å². The first kappa shape index (κ1) is 20.1. The van der Waals surface area contributed by atoms with Crippen LogP contribution in [-0.4, -0.2) is 53.5 Å². The number of benzene rings is 1. The summed E-state index contributed by atoms with van der Waals surface area (Å²) < 4.78 is 14.6. The number of nitrogen functional groups attached to an aromatic ring is 1. The van der Waals surface area contributed by atoms with E-state index < -0.39 is 17.8 Å². The Bertz CT molecular complexity index is 815. The second-order valence-electron chi connectivity index (χ2n) is 7.59. The molecule has 0 aromatic heterocycles. The molecule has 0 bridgehead atoms. The number of nitrogens with one attached hydrogen (secondary N) is 1. The summed E-state index contributed by atoms with van der Waals surface area (Å²) in [7, 11) is 0. The standard InChI is InChI=1S/C19H25FN4O4/c1-10-9-23(19(27)28)5-3-13(10)11(2)24-6-4-16(25)17-14(20)7-12(8-15(17)24)18(26)22-21/h7-8,10-11,13H,3-6,9,21H2,1-2H3,(H,22,26)(H,27,28)/t10-,11+,13+/m1/s1. The Morgan fingerprint density at radius 1 is 1.36 bits per heavy atom. The summed E-state index contributed by atoms with van der Waals surface area (Å²) in [6.45, 7) is 5.31. The summed E-state index contributed by atoms with van der Waals surface area (Å²) in [6, 6.07) is 2.49. The highest BCUT2D eigenvalue weighted by Crippen LogP contribution is 2.37. The Labute approximate surface area is 162 Å². The minimum atomic E-state index is -0.925. The highest BCUT2D eigenvalue weighted by molar-refractivity contribution is 6.05. The molecule has 0 saturated carbocycles. The van der Waals surface area contributed by atoms with E-state index in [9.17, 15) is 23.9 Å². The van der Waals surface area contributed by atoms with Gasteiger partial charge in [-0.1, -0.05) is 6.92 Å². The number of fused-ring (bicyclic) bond motifs is 1. The quantitative estimate of drug-likeness (QED) is 0.411. The molecule has 28 heavy (non-hydrogen) atoms. The fourth-order valence-electron chi connectivity index (χ4n) is 4.48. The number of Topliss-reactive ketones (excluding diaryl/α,β-unsaturated/α-hetero) is 1. The molecule has 0 aliphatic carbocycles. The summed E-state index contributed by atoms with van der Waals surface area (Å²) in [5, 5.41) is 9.21. The average Bonchev–Trinajstić information content (AvgIpc) is 2.66. The molecule has 0 radical (unpaired) electrons. The lowest BCUT2D eigenvalue weighted by Crippen LogP contribution is -2.51. The third-order valence-electron chi connectivity index (χ3n) is 5.98. The number of nitrogens with two attached hydrogens (primary N) is 1. The Balaban J connectivity index is 1.93. The summed E-state index contributed by atoms with van der Waals surface area (Å²) in [6.07, 6.45) is -0.0507. The number of carbonyl (C=O) groups is 3. The Hall–Kier alpha value is -2.68. The van der Waals surface area contributed by atoms with Crippen molar-refractivity contribution in [3.05, 3.63) is 29.1 Å². The number of likely N-dealkylation sites (tertiary alicyclic amines) is 1. The number of hydrogen-bond donors (Lipinski definition) is 3. The molecule has 1 fully saturated rings. The summed E-state index contributed by atoms with van der Waals surface area (Å²) in [4.78, 5) is 38.8. The third-order valence-corrected chi connectivity index (χ3v) is 5.98. The van der Waals surface area contributed by atoms with Crippen molar-refractivity contribution >= 4 is 23.5 Å². The highest BCUT2D eigenvalue weighted by atomic mass is 19.1. The number of nitrogens with zero attached hydrogens (tertiary/aromatic N) is 2. The smallest absolute Gasteiger partial charge is 0.407 e. The van der Waals surface area contributed by atoms with Crippen LogP contribution in [0.4, 0.5) is 14.9 Å². The van der Waals surface area contributed by atoms with Crippen LogP contribution in [0, 0.1) is 17.7 Å². The van der Waals surface area contributed by atoms with Crippen LogP contribution in [0.25, 0.3) is 0 Å². The molecule has 2 aliphatic rings. The molecule has 1 aromatic rings. The van der Waals surface area contributed by atoms with Crippen LogP contribution in [0.3, 0.4) is 0 Å². The molecule has 3 rings (SSSR count). The Kier molecular flexibility index (Phi) is 5.55. The minimum Gasteiger partial charge on any atom is -0.465 e. The van der Waals surface area contributed by atoms with Gasteiger partial charge >= 0.3 is 6.09 Å². The van der Waals surface area contributed by atoms with Crippen LogP contribution in [0.5, 0.6) is 0 Å². The van der Waals surface area contributed by atoms with Crippen LogP contribution in [0.15, 0.2) is 12.1 Å². The number of amides is 2. The fourth-order valence-corrected chi connectivity index (χ4v) is 4.48. The van der Waals surface area contributed by atoms with Crippen LogP contribution >= 0.6 is 0 Å². The lowest BCUT2D eigenvalue weighted by Gasteiger charge is -2.45. The van der Waals surface area contributed by atoms with Gasteiger partial charge < -0.3 is 14.9 Å². The molecule has 9 heteroatoms. The highest BCUT2D eigenvalue weighted by Gasteiger charge is 2.37. The second kappa shape index (κ2) is 7.75. The first-order chi connectivity index (χ1) is 13.2. The third kappa shape index (κ3) is 3.54. The van der Waals surface area contributed by atoms with E-state index in [1.807, 2.05) is 24.2 Å². The zero-order valence-electron chi connectivity index (χ0n) is 15.9. The number of carboxylic acid groups (broad SMARTS) is 1. The second-order valence-corrected chi connectivity index (χ2v) is 7.59. The topological polar surface area (TPSA) is 116 Å².